The molecule has 0 spiro atoms. The average molecular weight is 374 g/mol. The minimum Gasteiger partial charge on any atom is -0.290 e. The van der Waals surface area contributed by atoms with Crippen molar-refractivity contribution in [3.05, 3.63) is 71.3 Å². The van der Waals surface area contributed by atoms with E-state index in [1.54, 1.807) is 0 Å². The molecule has 3 heteroatoms. The molecule has 0 bridgehead atoms. The third kappa shape index (κ3) is 5.33. The van der Waals surface area contributed by atoms with Gasteiger partial charge >= 0.3 is 0 Å². The zero-order valence-corrected chi connectivity index (χ0v) is 17.6. The third-order valence-corrected chi connectivity index (χ3v) is 4.87. The van der Waals surface area contributed by atoms with Gasteiger partial charge in [-0.1, -0.05) is 68.4 Å². The summed E-state index contributed by atoms with van der Waals surface area (Å²) < 4.78 is 0. The van der Waals surface area contributed by atoms with Gasteiger partial charge in [-0.3, -0.25) is 4.84 Å². The lowest BCUT2D eigenvalue weighted by Crippen LogP contribution is -2.46. The Bertz CT molecular complexity index is 661. The van der Waals surface area contributed by atoms with Crippen LogP contribution in [0.2, 0.25) is 0 Å². The second-order valence-electron chi connectivity index (χ2n) is 8.22. The summed E-state index contributed by atoms with van der Waals surface area (Å²) >= 11 is 5.91. The minimum absolute atomic E-state index is 0.0384. The first-order valence-corrected chi connectivity index (χ1v) is 9.93. The highest BCUT2D eigenvalue weighted by Gasteiger charge is 2.34. The summed E-state index contributed by atoms with van der Waals surface area (Å²) in [6.07, 6.45) is -0.0384. The molecule has 26 heavy (non-hydrogen) atoms. The molecule has 0 aliphatic carbocycles. The Morgan fingerprint density at radius 3 is 1.92 bits per heavy atom. The highest BCUT2D eigenvalue weighted by molar-refractivity contribution is 6.17. The summed E-state index contributed by atoms with van der Waals surface area (Å²) in [6.45, 7) is 13.2. The van der Waals surface area contributed by atoms with E-state index in [0.717, 1.165) is 11.1 Å². The summed E-state index contributed by atoms with van der Waals surface area (Å²) in [6, 6.07) is 19.2. The lowest BCUT2D eigenvalue weighted by atomic mass is 9.92. The van der Waals surface area contributed by atoms with Crippen LogP contribution in [0, 0.1) is 5.92 Å². The van der Waals surface area contributed by atoms with Crippen molar-refractivity contribution < 1.29 is 4.84 Å². The van der Waals surface area contributed by atoms with Crippen molar-refractivity contribution in [1.29, 1.82) is 0 Å². The predicted molar refractivity (Wildman–Crippen MR) is 111 cm³/mol. The van der Waals surface area contributed by atoms with Gasteiger partial charge in [-0.05, 0) is 50.3 Å². The number of hydroxylamine groups is 2. The largest absolute Gasteiger partial charge is 0.290 e. The maximum atomic E-state index is 6.55. The van der Waals surface area contributed by atoms with Gasteiger partial charge in [0.05, 0.1) is 6.04 Å². The van der Waals surface area contributed by atoms with Crippen molar-refractivity contribution in [3.63, 3.8) is 0 Å². The van der Waals surface area contributed by atoms with Gasteiger partial charge in [0.2, 0.25) is 0 Å². The Labute approximate surface area is 164 Å². The molecule has 0 radical (unpaired) electrons. The quantitative estimate of drug-likeness (QED) is 0.386. The van der Waals surface area contributed by atoms with Crippen LogP contribution in [0.5, 0.6) is 0 Å². The van der Waals surface area contributed by atoms with Crippen LogP contribution in [-0.4, -0.2) is 10.6 Å². The number of halogens is 1. The molecule has 142 valence electrons. The number of hydrogen-bond acceptors (Lipinski definition) is 2. The Morgan fingerprint density at radius 1 is 0.885 bits per heavy atom. The third-order valence-electron chi connectivity index (χ3n) is 4.56. The zero-order chi connectivity index (χ0) is 19.3. The number of rotatable bonds is 7. The van der Waals surface area contributed by atoms with E-state index < -0.39 is 0 Å². The molecule has 2 rings (SSSR count). The second-order valence-corrected chi connectivity index (χ2v) is 8.49. The van der Waals surface area contributed by atoms with Crippen LogP contribution in [0.25, 0.3) is 0 Å². The van der Waals surface area contributed by atoms with E-state index in [9.17, 15) is 0 Å². The molecule has 0 amide bonds. The Hall–Kier alpha value is -1.35. The summed E-state index contributed by atoms with van der Waals surface area (Å²) in [4.78, 5) is 6.55. The van der Waals surface area contributed by atoms with Gasteiger partial charge in [-0.25, -0.2) is 0 Å². The lowest BCUT2D eigenvalue weighted by Gasteiger charge is -2.44. The molecule has 0 saturated heterocycles. The van der Waals surface area contributed by atoms with Crippen LogP contribution < -0.4 is 0 Å². The monoisotopic (exact) mass is 373 g/mol. The van der Waals surface area contributed by atoms with E-state index in [4.69, 9.17) is 16.4 Å². The molecule has 0 saturated carbocycles. The minimum atomic E-state index is -0.130. The van der Waals surface area contributed by atoms with Gasteiger partial charge in [0.15, 0.2) is 0 Å². The first kappa shape index (κ1) is 21.0. The predicted octanol–water partition coefficient (Wildman–Crippen LogP) is 6.92. The highest BCUT2D eigenvalue weighted by atomic mass is 35.5. The van der Waals surface area contributed by atoms with Crippen molar-refractivity contribution in [2.24, 2.45) is 5.92 Å². The highest BCUT2D eigenvalue weighted by Crippen LogP contribution is 2.37. The smallest absolute Gasteiger partial charge is 0.102 e. The first-order valence-electron chi connectivity index (χ1n) is 9.40. The van der Waals surface area contributed by atoms with Gasteiger partial charge in [0.25, 0.3) is 0 Å². The molecule has 0 aliphatic rings. The molecular formula is C23H32ClNO. The van der Waals surface area contributed by atoms with Crippen LogP contribution in [0.15, 0.2) is 54.6 Å². The maximum Gasteiger partial charge on any atom is 0.102 e. The fraction of sp³-hybridized carbons (Fsp3) is 0.478. The van der Waals surface area contributed by atoms with E-state index in [-0.39, 0.29) is 17.7 Å². The number of benzene rings is 2. The van der Waals surface area contributed by atoms with Crippen LogP contribution in [0.1, 0.15) is 70.4 Å². The molecule has 2 atom stereocenters. The molecule has 0 N–H and O–H groups in total. The normalized spacial score (nSPS) is 14.7. The Balaban J connectivity index is 2.31. The van der Waals surface area contributed by atoms with Gasteiger partial charge in [0.1, 0.15) is 6.10 Å². The summed E-state index contributed by atoms with van der Waals surface area (Å²) in [5.41, 5.74) is 3.43. The molecule has 2 aromatic carbocycles. The lowest BCUT2D eigenvalue weighted by molar-refractivity contribution is -0.272. The molecule has 0 fully saturated rings. The van der Waals surface area contributed by atoms with E-state index in [1.165, 1.54) is 5.56 Å². The summed E-state index contributed by atoms with van der Waals surface area (Å²) in [7, 11) is 0. The number of alkyl halides is 1. The van der Waals surface area contributed by atoms with Crippen molar-refractivity contribution in [3.8, 4) is 0 Å². The van der Waals surface area contributed by atoms with Gasteiger partial charge < -0.3 is 0 Å². The van der Waals surface area contributed by atoms with Crippen molar-refractivity contribution in [2.75, 3.05) is 0 Å². The van der Waals surface area contributed by atoms with Crippen molar-refractivity contribution in [2.45, 2.75) is 65.1 Å². The first-order chi connectivity index (χ1) is 12.2. The fourth-order valence-electron chi connectivity index (χ4n) is 3.19. The van der Waals surface area contributed by atoms with Gasteiger partial charge in [-0.15, -0.1) is 11.6 Å². The molecule has 0 aromatic heterocycles. The molecule has 0 unspecified atom stereocenters. The molecule has 0 heterocycles. The summed E-state index contributed by atoms with van der Waals surface area (Å²) in [5.74, 6) is 0.954. The SMILES string of the molecule is CC(C)[C@@H](c1ccccc1)N(O[C@H](C)c1ccc(CCl)cc1)C(C)(C)C. The Kier molecular flexibility index (Phi) is 7.28. The molecular weight excluding hydrogens is 342 g/mol. The molecule has 2 nitrogen and oxygen atoms in total. The van der Waals surface area contributed by atoms with Gasteiger partial charge in [-0.2, -0.15) is 5.06 Å². The van der Waals surface area contributed by atoms with Crippen molar-refractivity contribution in [1.82, 2.24) is 5.06 Å². The summed E-state index contributed by atoms with van der Waals surface area (Å²) in [5, 5.41) is 2.17. The van der Waals surface area contributed by atoms with Crippen LogP contribution >= 0.6 is 11.6 Å². The van der Waals surface area contributed by atoms with Crippen molar-refractivity contribution >= 4 is 11.6 Å². The van der Waals surface area contributed by atoms with E-state index in [0.29, 0.717) is 11.8 Å². The standard InChI is InChI=1S/C23H32ClNO/c1-17(2)22(21-10-8-7-9-11-21)25(23(4,5)6)26-18(3)20-14-12-19(16-24)13-15-20/h7-15,17-18,22H,16H2,1-6H3/t18-,22+/m1/s1. The average Bonchev–Trinajstić information content (AvgIpc) is 2.61. The number of nitrogens with zero attached hydrogens (tertiary/aromatic N) is 1. The van der Waals surface area contributed by atoms with E-state index in [1.807, 2.05) is 0 Å². The number of hydrogen-bond donors (Lipinski definition) is 0. The van der Waals surface area contributed by atoms with Crippen LogP contribution in [0.3, 0.4) is 0 Å². The van der Waals surface area contributed by atoms with E-state index in [2.05, 4.69) is 101 Å². The Morgan fingerprint density at radius 2 is 1.46 bits per heavy atom. The van der Waals surface area contributed by atoms with Gasteiger partial charge in [0, 0.05) is 11.4 Å². The molecule has 0 aliphatic heterocycles. The second kappa shape index (κ2) is 9.03. The van der Waals surface area contributed by atoms with Crippen LogP contribution in [0.4, 0.5) is 0 Å². The van der Waals surface area contributed by atoms with E-state index >= 15 is 0 Å². The maximum absolute atomic E-state index is 6.55. The topological polar surface area (TPSA) is 12.5 Å². The molecule has 2 aromatic rings. The fourth-order valence-corrected chi connectivity index (χ4v) is 3.37. The van der Waals surface area contributed by atoms with Crippen LogP contribution in [-0.2, 0) is 10.7 Å². The zero-order valence-electron chi connectivity index (χ0n) is 16.9.